The van der Waals surface area contributed by atoms with Crippen LogP contribution in [0.1, 0.15) is 16.1 Å². The molecule has 0 spiro atoms. The van der Waals surface area contributed by atoms with Crippen molar-refractivity contribution in [3.63, 3.8) is 0 Å². The lowest BCUT2D eigenvalue weighted by Gasteiger charge is -2.09. The van der Waals surface area contributed by atoms with Gasteiger partial charge in [-0.2, -0.15) is 0 Å². The van der Waals surface area contributed by atoms with Gasteiger partial charge in [-0.1, -0.05) is 42.5 Å². The number of nitrogens with one attached hydrogen (secondary N) is 1. The van der Waals surface area contributed by atoms with E-state index in [0.717, 1.165) is 27.5 Å². The number of carbonyl (C=O) groups excluding carboxylic acids is 1. The number of rotatable bonds is 5. The highest BCUT2D eigenvalue weighted by atomic mass is 16.5. The Morgan fingerprint density at radius 1 is 0.806 bits per heavy atom. The zero-order chi connectivity index (χ0) is 21.0. The van der Waals surface area contributed by atoms with Gasteiger partial charge in [0.25, 0.3) is 5.91 Å². The normalized spacial score (nSPS) is 10.8. The van der Waals surface area contributed by atoms with Gasteiger partial charge < -0.3 is 10.1 Å². The van der Waals surface area contributed by atoms with Gasteiger partial charge >= 0.3 is 0 Å². The fourth-order valence-corrected chi connectivity index (χ4v) is 3.45. The van der Waals surface area contributed by atoms with Crippen molar-refractivity contribution in [1.29, 1.82) is 0 Å². The van der Waals surface area contributed by atoms with E-state index in [4.69, 9.17) is 4.74 Å². The second kappa shape index (κ2) is 8.24. The molecule has 2 heterocycles. The molecule has 0 aliphatic carbocycles. The number of ether oxygens (including phenoxy) is 1. The van der Waals surface area contributed by atoms with Crippen LogP contribution in [0.5, 0.6) is 5.75 Å². The molecular formula is C26H19N3O2. The van der Waals surface area contributed by atoms with E-state index in [1.807, 2.05) is 66.7 Å². The van der Waals surface area contributed by atoms with Crippen LogP contribution in [-0.2, 0) is 6.61 Å². The molecular weight excluding hydrogens is 386 g/mol. The third kappa shape index (κ3) is 4.07. The molecule has 0 saturated carbocycles. The third-order valence-electron chi connectivity index (χ3n) is 5.04. The largest absolute Gasteiger partial charge is 0.487 e. The van der Waals surface area contributed by atoms with Crippen molar-refractivity contribution < 1.29 is 9.53 Å². The number of anilines is 1. The van der Waals surface area contributed by atoms with Crippen LogP contribution in [-0.4, -0.2) is 15.9 Å². The fourth-order valence-electron chi connectivity index (χ4n) is 3.45. The van der Waals surface area contributed by atoms with Crippen molar-refractivity contribution in [3.8, 4) is 5.75 Å². The SMILES string of the molecule is O=C(Nc1cccc2cccnc12)c1ccc(OCc2ccc3ccccc3n2)cc1. The molecule has 0 fully saturated rings. The Kier molecular flexibility index (Phi) is 4.99. The van der Waals surface area contributed by atoms with Crippen LogP contribution in [0.2, 0.25) is 0 Å². The van der Waals surface area contributed by atoms with Crippen LogP contribution in [0.25, 0.3) is 21.8 Å². The molecule has 0 bridgehead atoms. The minimum absolute atomic E-state index is 0.194. The van der Waals surface area contributed by atoms with E-state index in [1.54, 1.807) is 30.5 Å². The second-order valence-corrected chi connectivity index (χ2v) is 7.14. The Bertz CT molecular complexity index is 1380. The number of nitrogens with zero attached hydrogens (tertiary/aromatic N) is 2. The number of hydrogen-bond acceptors (Lipinski definition) is 4. The lowest BCUT2D eigenvalue weighted by molar-refractivity contribution is 0.102. The summed E-state index contributed by atoms with van der Waals surface area (Å²) in [6.07, 6.45) is 1.72. The Balaban J connectivity index is 1.26. The molecule has 0 unspecified atom stereocenters. The number of amides is 1. The Hall–Kier alpha value is -4.25. The van der Waals surface area contributed by atoms with Gasteiger partial charge in [-0.15, -0.1) is 0 Å². The molecule has 0 radical (unpaired) electrons. The summed E-state index contributed by atoms with van der Waals surface area (Å²) in [6.45, 7) is 0.359. The molecule has 2 aromatic heterocycles. The average Bonchev–Trinajstić information content (AvgIpc) is 2.83. The maximum Gasteiger partial charge on any atom is 0.255 e. The van der Waals surface area contributed by atoms with Crippen molar-refractivity contribution in [1.82, 2.24) is 9.97 Å². The van der Waals surface area contributed by atoms with Gasteiger partial charge in [0.05, 0.1) is 22.4 Å². The maximum absolute atomic E-state index is 12.7. The molecule has 5 nitrogen and oxygen atoms in total. The van der Waals surface area contributed by atoms with Crippen molar-refractivity contribution in [3.05, 3.63) is 108 Å². The van der Waals surface area contributed by atoms with Crippen molar-refractivity contribution in [2.75, 3.05) is 5.32 Å². The monoisotopic (exact) mass is 405 g/mol. The summed E-state index contributed by atoms with van der Waals surface area (Å²) in [5.41, 5.74) is 3.79. The van der Waals surface area contributed by atoms with Gasteiger partial charge in [0.2, 0.25) is 0 Å². The number of para-hydroxylation sites is 2. The molecule has 150 valence electrons. The Labute approximate surface area is 179 Å². The van der Waals surface area contributed by atoms with Crippen molar-refractivity contribution >= 4 is 33.4 Å². The van der Waals surface area contributed by atoms with E-state index in [-0.39, 0.29) is 5.91 Å². The van der Waals surface area contributed by atoms with Crippen LogP contribution in [0.4, 0.5) is 5.69 Å². The molecule has 0 saturated heterocycles. The predicted octanol–water partition coefficient (Wildman–Crippen LogP) is 5.61. The lowest BCUT2D eigenvalue weighted by atomic mass is 10.1. The summed E-state index contributed by atoms with van der Waals surface area (Å²) in [5.74, 6) is 0.485. The van der Waals surface area contributed by atoms with E-state index in [0.29, 0.717) is 23.6 Å². The van der Waals surface area contributed by atoms with Gasteiger partial charge in [-0.05, 0) is 48.5 Å². The van der Waals surface area contributed by atoms with Crippen LogP contribution in [0.3, 0.4) is 0 Å². The average molecular weight is 405 g/mol. The zero-order valence-corrected chi connectivity index (χ0v) is 16.7. The number of pyridine rings is 2. The van der Waals surface area contributed by atoms with E-state index < -0.39 is 0 Å². The molecule has 5 aromatic rings. The minimum atomic E-state index is -0.194. The van der Waals surface area contributed by atoms with Crippen LogP contribution >= 0.6 is 0 Å². The summed E-state index contributed by atoms with van der Waals surface area (Å²) >= 11 is 0. The molecule has 0 atom stereocenters. The smallest absolute Gasteiger partial charge is 0.255 e. The fraction of sp³-hybridized carbons (Fsp3) is 0.0385. The van der Waals surface area contributed by atoms with Gasteiger partial charge in [0.15, 0.2) is 0 Å². The topological polar surface area (TPSA) is 64.1 Å². The van der Waals surface area contributed by atoms with Crippen molar-refractivity contribution in [2.24, 2.45) is 0 Å². The molecule has 5 rings (SSSR count). The van der Waals surface area contributed by atoms with E-state index >= 15 is 0 Å². The van der Waals surface area contributed by atoms with Gasteiger partial charge in [-0.25, -0.2) is 4.98 Å². The highest BCUT2D eigenvalue weighted by Gasteiger charge is 2.09. The first-order chi connectivity index (χ1) is 15.3. The number of fused-ring (bicyclic) bond motifs is 2. The van der Waals surface area contributed by atoms with Gasteiger partial charge in [-0.3, -0.25) is 9.78 Å². The second-order valence-electron chi connectivity index (χ2n) is 7.14. The molecule has 0 aliphatic heterocycles. The highest BCUT2D eigenvalue weighted by molar-refractivity contribution is 6.08. The highest BCUT2D eigenvalue weighted by Crippen LogP contribution is 2.22. The molecule has 3 aromatic carbocycles. The summed E-state index contributed by atoms with van der Waals surface area (Å²) < 4.78 is 5.85. The van der Waals surface area contributed by atoms with Gasteiger partial charge in [0, 0.05) is 22.5 Å². The summed E-state index contributed by atoms with van der Waals surface area (Å²) in [4.78, 5) is 21.7. The minimum Gasteiger partial charge on any atom is -0.487 e. The standard InChI is InChI=1S/C26H19N3O2/c30-26(29-24-9-3-6-19-7-4-16-27-25(19)24)20-11-14-22(15-12-20)31-17-21-13-10-18-5-1-2-8-23(18)28-21/h1-16H,17H2,(H,29,30). The maximum atomic E-state index is 12.7. The van der Waals surface area contributed by atoms with Crippen LogP contribution < -0.4 is 10.1 Å². The zero-order valence-electron chi connectivity index (χ0n) is 16.7. The number of hydrogen-bond donors (Lipinski definition) is 1. The molecule has 1 N–H and O–H groups in total. The van der Waals surface area contributed by atoms with Crippen LogP contribution in [0, 0.1) is 0 Å². The van der Waals surface area contributed by atoms with E-state index in [9.17, 15) is 4.79 Å². The van der Waals surface area contributed by atoms with E-state index in [2.05, 4.69) is 15.3 Å². The molecule has 0 aliphatic rings. The molecule has 5 heteroatoms. The Morgan fingerprint density at radius 3 is 2.52 bits per heavy atom. The first kappa shape index (κ1) is 18.8. The molecule has 1 amide bonds. The quantitative estimate of drug-likeness (QED) is 0.412. The first-order valence-electron chi connectivity index (χ1n) is 9.99. The summed E-state index contributed by atoms with van der Waals surface area (Å²) in [5, 5.41) is 5.02. The summed E-state index contributed by atoms with van der Waals surface area (Å²) in [6, 6.07) is 28.6. The van der Waals surface area contributed by atoms with Gasteiger partial charge in [0.1, 0.15) is 12.4 Å². The van der Waals surface area contributed by atoms with Crippen molar-refractivity contribution in [2.45, 2.75) is 6.61 Å². The third-order valence-corrected chi connectivity index (χ3v) is 5.04. The lowest BCUT2D eigenvalue weighted by Crippen LogP contribution is -2.12. The predicted molar refractivity (Wildman–Crippen MR) is 122 cm³/mol. The number of carbonyl (C=O) groups is 1. The first-order valence-corrected chi connectivity index (χ1v) is 9.99. The van der Waals surface area contributed by atoms with Crippen LogP contribution in [0.15, 0.2) is 97.2 Å². The summed E-state index contributed by atoms with van der Waals surface area (Å²) in [7, 11) is 0. The number of aromatic nitrogens is 2. The van der Waals surface area contributed by atoms with E-state index in [1.165, 1.54) is 0 Å². The number of benzene rings is 3. The Morgan fingerprint density at radius 2 is 1.61 bits per heavy atom. The molecule has 31 heavy (non-hydrogen) atoms.